The maximum absolute atomic E-state index is 13.2. The van der Waals surface area contributed by atoms with Crippen LogP contribution >= 0.6 is 11.8 Å². The lowest BCUT2D eigenvalue weighted by molar-refractivity contribution is -0.387. The summed E-state index contributed by atoms with van der Waals surface area (Å²) < 4.78 is 13.2. The highest BCUT2D eigenvalue weighted by molar-refractivity contribution is 7.99. The predicted octanol–water partition coefficient (Wildman–Crippen LogP) is 1.77. The molecule has 1 saturated heterocycles. The average molecular weight is 299 g/mol. The van der Waals surface area contributed by atoms with Crippen molar-refractivity contribution in [2.24, 2.45) is 0 Å². The van der Waals surface area contributed by atoms with Gasteiger partial charge in [0, 0.05) is 42.3 Å². The summed E-state index contributed by atoms with van der Waals surface area (Å²) in [6.45, 7) is 0.866. The molecule has 1 fully saturated rings. The van der Waals surface area contributed by atoms with E-state index in [0.717, 1.165) is 30.2 Å². The van der Waals surface area contributed by atoms with Crippen molar-refractivity contribution in [3.05, 3.63) is 34.1 Å². The topological polar surface area (TPSA) is 84.3 Å². The van der Waals surface area contributed by atoms with Crippen molar-refractivity contribution in [2.45, 2.75) is 12.5 Å². The van der Waals surface area contributed by atoms with Crippen molar-refractivity contribution >= 4 is 29.0 Å². The van der Waals surface area contributed by atoms with Gasteiger partial charge < -0.3 is 10.6 Å². The Balaban J connectivity index is 1.96. The summed E-state index contributed by atoms with van der Waals surface area (Å²) in [5, 5.41) is 16.4. The van der Waals surface area contributed by atoms with E-state index in [4.69, 9.17) is 0 Å². The highest BCUT2D eigenvalue weighted by Gasteiger charge is 2.18. The van der Waals surface area contributed by atoms with Crippen LogP contribution in [0.1, 0.15) is 6.42 Å². The number of nitro groups is 1. The molecule has 0 spiro atoms. The van der Waals surface area contributed by atoms with Crippen molar-refractivity contribution in [2.75, 3.05) is 23.4 Å². The van der Waals surface area contributed by atoms with E-state index in [2.05, 4.69) is 10.6 Å². The minimum Gasteiger partial charge on any atom is -0.326 e. The molecule has 1 aromatic rings. The fraction of sp³-hybridized carbons (Fsp3) is 0.417. The zero-order chi connectivity index (χ0) is 14.5. The van der Waals surface area contributed by atoms with E-state index < -0.39 is 16.4 Å². The molecule has 1 amide bonds. The second-order valence-electron chi connectivity index (χ2n) is 4.40. The van der Waals surface area contributed by atoms with E-state index >= 15 is 0 Å². The second-order valence-corrected chi connectivity index (χ2v) is 5.55. The molecule has 1 atom stereocenters. The molecule has 1 heterocycles. The molecule has 1 aliphatic rings. The fourth-order valence-corrected chi connectivity index (χ4v) is 2.87. The van der Waals surface area contributed by atoms with Crippen molar-refractivity contribution in [3.63, 3.8) is 0 Å². The summed E-state index contributed by atoms with van der Waals surface area (Å²) in [6, 6.07) is 3.41. The molecule has 0 bridgehead atoms. The SMILES string of the molecule is O=C(CC1CSCCN1)Nc1ccc(F)c([N+](=O)[O-])c1. The third-order valence-corrected chi connectivity index (χ3v) is 3.99. The molecular weight excluding hydrogens is 285 g/mol. The lowest BCUT2D eigenvalue weighted by Gasteiger charge is -2.22. The van der Waals surface area contributed by atoms with Crippen LogP contribution < -0.4 is 10.6 Å². The monoisotopic (exact) mass is 299 g/mol. The van der Waals surface area contributed by atoms with Crippen molar-refractivity contribution in [3.8, 4) is 0 Å². The summed E-state index contributed by atoms with van der Waals surface area (Å²) in [5.74, 6) is 0.725. The molecule has 8 heteroatoms. The van der Waals surface area contributed by atoms with E-state index in [9.17, 15) is 19.3 Å². The Hall–Kier alpha value is -1.67. The molecule has 0 radical (unpaired) electrons. The number of thioether (sulfide) groups is 1. The third-order valence-electron chi connectivity index (χ3n) is 2.86. The quantitative estimate of drug-likeness (QED) is 0.654. The van der Waals surface area contributed by atoms with Gasteiger partial charge in [0.1, 0.15) is 0 Å². The molecular formula is C12H14FN3O3S. The Morgan fingerprint density at radius 2 is 2.40 bits per heavy atom. The van der Waals surface area contributed by atoms with Gasteiger partial charge in [-0.1, -0.05) is 0 Å². The fourth-order valence-electron chi connectivity index (χ4n) is 1.92. The number of rotatable bonds is 4. The van der Waals surface area contributed by atoms with Crippen molar-refractivity contribution in [1.29, 1.82) is 0 Å². The molecule has 2 N–H and O–H groups in total. The standard InChI is InChI=1S/C12H14FN3O3S/c13-10-2-1-8(5-11(10)16(18)19)15-12(17)6-9-7-20-4-3-14-9/h1-2,5,9,14H,3-4,6-7H2,(H,15,17). The number of hydrogen-bond donors (Lipinski definition) is 2. The van der Waals surface area contributed by atoms with Gasteiger partial charge in [-0.05, 0) is 12.1 Å². The van der Waals surface area contributed by atoms with Gasteiger partial charge in [-0.15, -0.1) is 0 Å². The largest absolute Gasteiger partial charge is 0.326 e. The molecule has 1 aromatic carbocycles. The van der Waals surface area contributed by atoms with E-state index in [1.54, 1.807) is 11.8 Å². The maximum Gasteiger partial charge on any atom is 0.306 e. The van der Waals surface area contributed by atoms with Gasteiger partial charge >= 0.3 is 5.69 Å². The highest BCUT2D eigenvalue weighted by Crippen LogP contribution is 2.22. The number of nitrogens with one attached hydrogen (secondary N) is 2. The lowest BCUT2D eigenvalue weighted by atomic mass is 10.2. The third kappa shape index (κ3) is 3.91. The number of benzene rings is 1. The van der Waals surface area contributed by atoms with Crippen LogP contribution in [0.25, 0.3) is 0 Å². The highest BCUT2D eigenvalue weighted by atomic mass is 32.2. The Kier molecular flexibility index (Phi) is 4.91. The minimum absolute atomic E-state index is 0.101. The molecule has 20 heavy (non-hydrogen) atoms. The van der Waals surface area contributed by atoms with Gasteiger partial charge in [-0.3, -0.25) is 14.9 Å². The van der Waals surface area contributed by atoms with Gasteiger partial charge in [0.2, 0.25) is 11.7 Å². The van der Waals surface area contributed by atoms with E-state index in [-0.39, 0.29) is 24.1 Å². The number of anilines is 1. The maximum atomic E-state index is 13.2. The molecule has 0 saturated carbocycles. The molecule has 0 aliphatic carbocycles. The first-order valence-electron chi connectivity index (χ1n) is 6.11. The molecule has 1 aliphatic heterocycles. The Bertz CT molecular complexity index is 521. The smallest absolute Gasteiger partial charge is 0.306 e. The Morgan fingerprint density at radius 1 is 1.60 bits per heavy atom. The summed E-state index contributed by atoms with van der Waals surface area (Å²) in [7, 11) is 0. The number of nitro benzene ring substituents is 1. The van der Waals surface area contributed by atoms with Gasteiger partial charge in [0.05, 0.1) is 4.92 Å². The number of carbonyl (C=O) groups is 1. The van der Waals surface area contributed by atoms with Gasteiger partial charge in [-0.25, -0.2) is 0 Å². The zero-order valence-electron chi connectivity index (χ0n) is 10.6. The average Bonchev–Trinajstić information content (AvgIpc) is 2.41. The number of carbonyl (C=O) groups excluding carboxylic acids is 1. The van der Waals surface area contributed by atoms with Crippen molar-refractivity contribution in [1.82, 2.24) is 5.32 Å². The van der Waals surface area contributed by atoms with Gasteiger partial charge in [0.25, 0.3) is 0 Å². The summed E-state index contributed by atoms with van der Waals surface area (Å²) in [5.41, 5.74) is -0.416. The van der Waals surface area contributed by atoms with Crippen LogP contribution in [0.2, 0.25) is 0 Å². The van der Waals surface area contributed by atoms with Crippen molar-refractivity contribution < 1.29 is 14.1 Å². The van der Waals surface area contributed by atoms with Gasteiger partial charge in [0.15, 0.2) is 0 Å². The first kappa shape index (κ1) is 14.7. The van der Waals surface area contributed by atoms with Crippen LogP contribution in [0, 0.1) is 15.9 Å². The number of nitrogens with zero attached hydrogens (tertiary/aromatic N) is 1. The summed E-state index contributed by atoms with van der Waals surface area (Å²) in [4.78, 5) is 21.6. The zero-order valence-corrected chi connectivity index (χ0v) is 11.4. The van der Waals surface area contributed by atoms with Gasteiger partial charge in [-0.2, -0.15) is 16.2 Å². The van der Waals surface area contributed by atoms with E-state index in [1.165, 1.54) is 6.07 Å². The Labute approximate surface area is 119 Å². The molecule has 0 aromatic heterocycles. The Morgan fingerprint density at radius 3 is 3.05 bits per heavy atom. The second kappa shape index (κ2) is 6.67. The minimum atomic E-state index is -0.918. The van der Waals surface area contributed by atoms with Crippen LogP contribution in [0.15, 0.2) is 18.2 Å². The van der Waals surface area contributed by atoms with E-state index in [1.807, 2.05) is 0 Å². The van der Waals surface area contributed by atoms with Crippen LogP contribution in [-0.2, 0) is 4.79 Å². The van der Waals surface area contributed by atoms with E-state index in [0.29, 0.717) is 0 Å². The number of amides is 1. The first-order chi connectivity index (χ1) is 9.56. The number of hydrogen-bond acceptors (Lipinski definition) is 5. The van der Waals surface area contributed by atoms with Crippen LogP contribution in [0.4, 0.5) is 15.8 Å². The van der Waals surface area contributed by atoms with Crippen LogP contribution in [0.3, 0.4) is 0 Å². The number of halogens is 1. The van der Waals surface area contributed by atoms with Crippen LogP contribution in [-0.4, -0.2) is 34.9 Å². The molecule has 2 rings (SSSR count). The summed E-state index contributed by atoms with van der Waals surface area (Å²) >= 11 is 1.78. The molecule has 108 valence electrons. The predicted molar refractivity (Wildman–Crippen MR) is 75.4 cm³/mol. The van der Waals surface area contributed by atoms with Crippen LogP contribution in [0.5, 0.6) is 0 Å². The lowest BCUT2D eigenvalue weighted by Crippen LogP contribution is -2.39. The normalized spacial score (nSPS) is 18.6. The first-order valence-corrected chi connectivity index (χ1v) is 7.26. The summed E-state index contributed by atoms with van der Waals surface area (Å²) in [6.07, 6.45) is 0.290. The molecule has 6 nitrogen and oxygen atoms in total. The molecule has 1 unspecified atom stereocenters.